The Hall–Kier alpha value is -1.94. The normalized spacial score (nSPS) is 9.47. The van der Waals surface area contributed by atoms with Crippen molar-refractivity contribution in [3.05, 3.63) is 10.6 Å². The lowest BCUT2D eigenvalue weighted by atomic mass is 10.3. The summed E-state index contributed by atoms with van der Waals surface area (Å²) in [5.41, 5.74) is 0.905. The Balaban J connectivity index is 2.62. The Morgan fingerprint density at radius 2 is 2.18 bits per heavy atom. The minimum atomic E-state index is -0.836. The maximum Gasteiger partial charge on any atom is 0.315 e. The molecular weight excluding hydrogens is 240 g/mol. The van der Waals surface area contributed by atoms with Crippen molar-refractivity contribution in [1.29, 1.82) is 5.26 Å². The summed E-state index contributed by atoms with van der Waals surface area (Å²) < 4.78 is 0. The minimum absolute atomic E-state index is 0.191. The summed E-state index contributed by atoms with van der Waals surface area (Å²) in [6.07, 6.45) is 0.777. The molecule has 0 bridgehead atoms. The van der Waals surface area contributed by atoms with Gasteiger partial charge in [-0.2, -0.15) is 5.26 Å². The molecule has 0 aliphatic heterocycles. The van der Waals surface area contributed by atoms with Gasteiger partial charge < -0.3 is 5.32 Å². The number of aromatic nitrogens is 1. The van der Waals surface area contributed by atoms with Crippen molar-refractivity contribution >= 4 is 28.3 Å². The molecule has 0 spiro atoms. The van der Waals surface area contributed by atoms with Gasteiger partial charge in [-0.25, -0.2) is 4.98 Å². The van der Waals surface area contributed by atoms with Crippen molar-refractivity contribution in [3.63, 3.8) is 0 Å². The van der Waals surface area contributed by atoms with E-state index in [0.717, 1.165) is 17.0 Å². The van der Waals surface area contributed by atoms with Crippen molar-refractivity contribution in [2.24, 2.45) is 0 Å². The van der Waals surface area contributed by atoms with E-state index in [1.54, 1.807) is 6.07 Å². The third-order valence-electron chi connectivity index (χ3n) is 1.98. The lowest BCUT2D eigenvalue weighted by Gasteiger charge is -1.99. The van der Waals surface area contributed by atoms with Crippen LogP contribution in [0.2, 0.25) is 0 Å². The van der Waals surface area contributed by atoms with Gasteiger partial charge in [-0.05, 0) is 13.3 Å². The lowest BCUT2D eigenvalue weighted by Crippen LogP contribution is -2.35. The highest BCUT2D eigenvalue weighted by Crippen LogP contribution is 2.22. The Bertz CT molecular complexity index is 475. The number of nitriles is 1. The molecule has 90 valence electrons. The second kappa shape index (κ2) is 5.96. The van der Waals surface area contributed by atoms with E-state index in [1.807, 2.05) is 13.8 Å². The molecule has 1 aromatic rings. The lowest BCUT2D eigenvalue weighted by molar-refractivity contribution is -0.136. The second-order valence-electron chi connectivity index (χ2n) is 3.17. The van der Waals surface area contributed by atoms with Crippen molar-refractivity contribution in [2.75, 3.05) is 11.9 Å². The molecule has 0 fully saturated rings. The van der Waals surface area contributed by atoms with Crippen LogP contribution in [0.4, 0.5) is 5.13 Å². The van der Waals surface area contributed by atoms with Gasteiger partial charge in [0.1, 0.15) is 6.54 Å². The summed E-state index contributed by atoms with van der Waals surface area (Å²) in [7, 11) is 0. The van der Waals surface area contributed by atoms with Crippen LogP contribution < -0.4 is 10.6 Å². The quantitative estimate of drug-likeness (QED) is 0.608. The van der Waals surface area contributed by atoms with E-state index < -0.39 is 11.8 Å². The molecule has 6 nitrogen and oxygen atoms in total. The molecular formula is C10H12N4O2S. The predicted molar refractivity (Wildman–Crippen MR) is 63.5 cm³/mol. The van der Waals surface area contributed by atoms with Crippen molar-refractivity contribution < 1.29 is 9.59 Å². The summed E-state index contributed by atoms with van der Waals surface area (Å²) in [4.78, 5) is 27.7. The molecule has 0 atom stereocenters. The zero-order valence-corrected chi connectivity index (χ0v) is 10.3. The summed E-state index contributed by atoms with van der Waals surface area (Å²) in [5, 5.41) is 13.2. The number of thiazole rings is 1. The number of amides is 2. The number of hydrogen-bond acceptors (Lipinski definition) is 5. The van der Waals surface area contributed by atoms with Gasteiger partial charge in [0.15, 0.2) is 5.13 Å². The van der Waals surface area contributed by atoms with Gasteiger partial charge >= 0.3 is 11.8 Å². The van der Waals surface area contributed by atoms with E-state index in [9.17, 15) is 9.59 Å². The largest absolute Gasteiger partial charge is 0.335 e. The Morgan fingerprint density at radius 1 is 1.47 bits per heavy atom. The molecule has 1 aromatic heterocycles. The van der Waals surface area contributed by atoms with Gasteiger partial charge in [-0.15, -0.1) is 11.3 Å². The van der Waals surface area contributed by atoms with Crippen LogP contribution in [0.15, 0.2) is 0 Å². The zero-order chi connectivity index (χ0) is 12.8. The molecule has 1 rings (SSSR count). The number of hydrogen-bond donors (Lipinski definition) is 2. The Labute approximate surface area is 103 Å². The van der Waals surface area contributed by atoms with E-state index in [-0.39, 0.29) is 6.54 Å². The standard InChI is InChI=1S/C10H12N4O2S/c1-3-7-6(2)17-10(13-7)14-9(16)8(15)12-5-4-11/h3,5H2,1-2H3,(H,12,15)(H,13,14,16). The summed E-state index contributed by atoms with van der Waals surface area (Å²) in [6, 6.07) is 1.71. The third-order valence-corrected chi connectivity index (χ3v) is 2.91. The number of nitrogens with one attached hydrogen (secondary N) is 2. The van der Waals surface area contributed by atoms with Gasteiger partial charge in [0.05, 0.1) is 11.8 Å². The number of anilines is 1. The van der Waals surface area contributed by atoms with E-state index in [1.165, 1.54) is 11.3 Å². The van der Waals surface area contributed by atoms with Crippen LogP contribution >= 0.6 is 11.3 Å². The van der Waals surface area contributed by atoms with Crippen LogP contribution in [-0.4, -0.2) is 23.3 Å². The highest BCUT2D eigenvalue weighted by molar-refractivity contribution is 7.15. The fourth-order valence-electron chi connectivity index (χ4n) is 1.16. The zero-order valence-electron chi connectivity index (χ0n) is 9.53. The second-order valence-corrected chi connectivity index (χ2v) is 4.37. The van der Waals surface area contributed by atoms with E-state index in [4.69, 9.17) is 5.26 Å². The van der Waals surface area contributed by atoms with Crippen molar-refractivity contribution in [3.8, 4) is 6.07 Å². The van der Waals surface area contributed by atoms with E-state index in [0.29, 0.717) is 5.13 Å². The minimum Gasteiger partial charge on any atom is -0.335 e. The summed E-state index contributed by atoms with van der Waals surface area (Å²) >= 11 is 1.32. The molecule has 0 radical (unpaired) electrons. The molecule has 17 heavy (non-hydrogen) atoms. The maximum absolute atomic E-state index is 11.4. The van der Waals surface area contributed by atoms with Gasteiger partial charge in [0.25, 0.3) is 0 Å². The van der Waals surface area contributed by atoms with Gasteiger partial charge in [-0.1, -0.05) is 6.92 Å². The first kappa shape index (κ1) is 13.1. The molecule has 0 aliphatic rings. The first-order valence-electron chi connectivity index (χ1n) is 5.01. The molecule has 0 saturated carbocycles. The first-order chi connectivity index (χ1) is 8.08. The van der Waals surface area contributed by atoms with Crippen molar-refractivity contribution in [1.82, 2.24) is 10.3 Å². The van der Waals surface area contributed by atoms with Crippen LogP contribution in [-0.2, 0) is 16.0 Å². The molecule has 2 N–H and O–H groups in total. The average molecular weight is 252 g/mol. The average Bonchev–Trinajstić information content (AvgIpc) is 2.66. The molecule has 0 unspecified atom stereocenters. The van der Waals surface area contributed by atoms with Crippen LogP contribution in [0.5, 0.6) is 0 Å². The third kappa shape index (κ3) is 3.53. The predicted octanol–water partition coefficient (Wildman–Crippen LogP) is 0.592. The number of carbonyl (C=O) groups excluding carboxylic acids is 2. The van der Waals surface area contributed by atoms with Crippen LogP contribution in [0.25, 0.3) is 0 Å². The van der Waals surface area contributed by atoms with Gasteiger partial charge in [0.2, 0.25) is 0 Å². The topological polar surface area (TPSA) is 94.9 Å². The maximum atomic E-state index is 11.4. The first-order valence-corrected chi connectivity index (χ1v) is 5.82. The molecule has 0 aliphatic carbocycles. The monoisotopic (exact) mass is 252 g/mol. The van der Waals surface area contributed by atoms with Gasteiger partial charge in [0, 0.05) is 4.88 Å². The highest BCUT2D eigenvalue weighted by Gasteiger charge is 2.15. The highest BCUT2D eigenvalue weighted by atomic mass is 32.1. The molecule has 1 heterocycles. The van der Waals surface area contributed by atoms with Crippen molar-refractivity contribution in [2.45, 2.75) is 20.3 Å². The van der Waals surface area contributed by atoms with E-state index >= 15 is 0 Å². The number of rotatable bonds is 3. The fraction of sp³-hybridized carbons (Fsp3) is 0.400. The van der Waals surface area contributed by atoms with Crippen LogP contribution in [0, 0.1) is 18.3 Å². The summed E-state index contributed by atoms with van der Waals surface area (Å²) in [5.74, 6) is -1.64. The Morgan fingerprint density at radius 3 is 2.71 bits per heavy atom. The van der Waals surface area contributed by atoms with E-state index in [2.05, 4.69) is 15.6 Å². The van der Waals surface area contributed by atoms with Crippen LogP contribution in [0.3, 0.4) is 0 Å². The molecule has 7 heteroatoms. The van der Waals surface area contributed by atoms with Gasteiger partial charge in [-0.3, -0.25) is 14.9 Å². The molecule has 0 saturated heterocycles. The SMILES string of the molecule is CCc1nc(NC(=O)C(=O)NCC#N)sc1C. The molecule has 2 amide bonds. The number of carbonyl (C=O) groups is 2. The fourth-order valence-corrected chi connectivity index (χ4v) is 2.06. The summed E-state index contributed by atoms with van der Waals surface area (Å²) in [6.45, 7) is 3.68. The Kier molecular flexibility index (Phi) is 4.60. The number of nitrogens with zero attached hydrogens (tertiary/aromatic N) is 2. The smallest absolute Gasteiger partial charge is 0.315 e. The number of aryl methyl sites for hydroxylation is 2. The van der Waals surface area contributed by atoms with Crippen LogP contribution in [0.1, 0.15) is 17.5 Å². The molecule has 0 aromatic carbocycles.